The van der Waals surface area contributed by atoms with Crippen LogP contribution in [-0.4, -0.2) is 12.9 Å². The highest BCUT2D eigenvalue weighted by Crippen LogP contribution is 2.11. The van der Waals surface area contributed by atoms with Crippen LogP contribution in [0.25, 0.3) is 0 Å². The number of carbonyl (C=O) groups is 1. The van der Waals surface area contributed by atoms with E-state index in [-0.39, 0.29) is 5.78 Å². The van der Waals surface area contributed by atoms with Gasteiger partial charge in [0.25, 0.3) is 0 Å². The summed E-state index contributed by atoms with van der Waals surface area (Å²) in [7, 11) is 1.60. The van der Waals surface area contributed by atoms with Crippen LogP contribution in [0.15, 0.2) is 24.3 Å². The van der Waals surface area contributed by atoms with Gasteiger partial charge in [-0.15, -0.1) is 0 Å². The molecule has 0 saturated carbocycles. The van der Waals surface area contributed by atoms with Crippen molar-refractivity contribution in [3.8, 4) is 17.6 Å². The molecule has 0 bridgehead atoms. The van der Waals surface area contributed by atoms with Gasteiger partial charge in [0.2, 0.25) is 5.78 Å². The monoisotopic (exact) mass is 244 g/mol. The maximum atomic E-state index is 11.7. The molecule has 0 aliphatic rings. The Balaban J connectivity index is 2.42. The number of hydrogen-bond donors (Lipinski definition) is 0. The second-order valence-corrected chi connectivity index (χ2v) is 4.17. The fourth-order valence-electron chi connectivity index (χ4n) is 1.60. The van der Waals surface area contributed by atoms with Crippen molar-refractivity contribution in [3.63, 3.8) is 0 Å². The summed E-state index contributed by atoms with van der Waals surface area (Å²) in [5.41, 5.74) is 0.622. The third-order valence-electron chi connectivity index (χ3n) is 2.71. The molecule has 0 aromatic heterocycles. The highest BCUT2D eigenvalue weighted by molar-refractivity contribution is 6.09. The number of rotatable bonds is 6. The predicted octanol–water partition coefficient (Wildman–Crippen LogP) is 3.85. The average molecular weight is 244 g/mol. The molecule has 1 rings (SSSR count). The second-order valence-electron chi connectivity index (χ2n) is 4.17. The fourth-order valence-corrected chi connectivity index (χ4v) is 1.60. The lowest BCUT2D eigenvalue weighted by molar-refractivity contribution is 0.105. The summed E-state index contributed by atoms with van der Waals surface area (Å²) in [6.07, 6.45) is 5.55. The molecule has 0 N–H and O–H groups in total. The number of ether oxygens (including phenoxy) is 1. The number of carbonyl (C=O) groups excluding carboxylic acids is 1. The second kappa shape index (κ2) is 8.36. The van der Waals surface area contributed by atoms with Gasteiger partial charge in [0.05, 0.1) is 7.11 Å². The Hall–Kier alpha value is -1.75. The predicted molar refractivity (Wildman–Crippen MR) is 73.9 cm³/mol. The van der Waals surface area contributed by atoms with Crippen LogP contribution >= 0.6 is 0 Å². The minimum absolute atomic E-state index is 0.117. The van der Waals surface area contributed by atoms with E-state index in [2.05, 4.69) is 18.8 Å². The SMILES string of the molecule is CCCCCCC#CC(=O)c1ccc(OC)cc1. The van der Waals surface area contributed by atoms with Crippen LogP contribution in [0.2, 0.25) is 0 Å². The Morgan fingerprint density at radius 3 is 2.50 bits per heavy atom. The van der Waals surface area contributed by atoms with E-state index in [0.717, 1.165) is 18.6 Å². The maximum absolute atomic E-state index is 11.7. The van der Waals surface area contributed by atoms with E-state index in [4.69, 9.17) is 4.74 Å². The molecule has 0 aliphatic carbocycles. The van der Waals surface area contributed by atoms with Crippen LogP contribution in [0, 0.1) is 11.8 Å². The van der Waals surface area contributed by atoms with E-state index in [1.54, 1.807) is 31.4 Å². The first-order chi connectivity index (χ1) is 8.77. The molecule has 0 aliphatic heterocycles. The van der Waals surface area contributed by atoms with Crippen LogP contribution in [0.1, 0.15) is 49.4 Å². The molecule has 0 atom stereocenters. The number of unbranched alkanes of at least 4 members (excludes halogenated alkanes) is 4. The first-order valence-electron chi connectivity index (χ1n) is 6.45. The molecular formula is C16H20O2. The number of Topliss-reactive ketones (excluding diaryl/α,β-unsaturated/α-hetero) is 1. The number of ketones is 1. The Bertz CT molecular complexity index is 421. The van der Waals surface area contributed by atoms with Gasteiger partial charge < -0.3 is 4.74 Å². The number of hydrogen-bond acceptors (Lipinski definition) is 2. The standard InChI is InChI=1S/C16H20O2/c1-3-4-5-6-7-8-9-16(17)14-10-12-15(18-2)13-11-14/h10-13H,3-7H2,1-2H3. The van der Waals surface area contributed by atoms with Crippen molar-refractivity contribution in [2.45, 2.75) is 39.0 Å². The van der Waals surface area contributed by atoms with Crippen molar-refractivity contribution in [3.05, 3.63) is 29.8 Å². The summed E-state index contributed by atoms with van der Waals surface area (Å²) in [6, 6.07) is 7.03. The van der Waals surface area contributed by atoms with Gasteiger partial charge in [-0.2, -0.15) is 0 Å². The van der Waals surface area contributed by atoms with Gasteiger partial charge in [0.15, 0.2) is 0 Å². The van der Waals surface area contributed by atoms with Crippen LogP contribution in [-0.2, 0) is 0 Å². The fraction of sp³-hybridized carbons (Fsp3) is 0.438. The molecule has 0 amide bonds. The third-order valence-corrected chi connectivity index (χ3v) is 2.71. The molecule has 0 heterocycles. The van der Waals surface area contributed by atoms with E-state index in [9.17, 15) is 4.79 Å². The Kier molecular flexibility index (Phi) is 6.64. The first kappa shape index (κ1) is 14.3. The lowest BCUT2D eigenvalue weighted by atomic mass is 10.1. The van der Waals surface area contributed by atoms with Crippen molar-refractivity contribution in [2.75, 3.05) is 7.11 Å². The zero-order valence-corrected chi connectivity index (χ0v) is 11.2. The summed E-state index contributed by atoms with van der Waals surface area (Å²) in [5, 5.41) is 0. The average Bonchev–Trinajstić information content (AvgIpc) is 2.42. The van der Waals surface area contributed by atoms with Gasteiger partial charge in [-0.05, 0) is 36.6 Å². The Morgan fingerprint density at radius 1 is 1.17 bits per heavy atom. The van der Waals surface area contributed by atoms with E-state index in [1.165, 1.54) is 19.3 Å². The smallest absolute Gasteiger partial charge is 0.235 e. The van der Waals surface area contributed by atoms with Crippen LogP contribution < -0.4 is 4.74 Å². The third kappa shape index (κ3) is 5.05. The summed E-state index contributed by atoms with van der Waals surface area (Å²) < 4.78 is 5.04. The van der Waals surface area contributed by atoms with E-state index >= 15 is 0 Å². The van der Waals surface area contributed by atoms with Gasteiger partial charge >= 0.3 is 0 Å². The van der Waals surface area contributed by atoms with E-state index in [0.29, 0.717) is 5.56 Å². The molecule has 0 spiro atoms. The van der Waals surface area contributed by atoms with E-state index < -0.39 is 0 Å². The molecule has 0 fully saturated rings. The van der Waals surface area contributed by atoms with Gasteiger partial charge in [-0.3, -0.25) is 4.79 Å². The van der Waals surface area contributed by atoms with Gasteiger partial charge in [0.1, 0.15) is 5.75 Å². The highest BCUT2D eigenvalue weighted by atomic mass is 16.5. The summed E-state index contributed by atoms with van der Waals surface area (Å²) in [5.74, 6) is 6.26. The molecule has 1 aromatic rings. The van der Waals surface area contributed by atoms with Crippen LogP contribution in [0.3, 0.4) is 0 Å². The first-order valence-corrected chi connectivity index (χ1v) is 6.45. The largest absolute Gasteiger partial charge is 0.497 e. The summed E-state index contributed by atoms with van der Waals surface area (Å²) in [4.78, 5) is 11.7. The van der Waals surface area contributed by atoms with Crippen molar-refractivity contribution in [1.29, 1.82) is 0 Å². The molecule has 2 heteroatoms. The van der Waals surface area contributed by atoms with Crippen molar-refractivity contribution in [2.24, 2.45) is 0 Å². The lowest BCUT2D eigenvalue weighted by Gasteiger charge is -1.98. The van der Waals surface area contributed by atoms with E-state index in [1.807, 2.05) is 0 Å². The zero-order valence-electron chi connectivity index (χ0n) is 11.2. The topological polar surface area (TPSA) is 26.3 Å². The van der Waals surface area contributed by atoms with Gasteiger partial charge in [0, 0.05) is 12.0 Å². The van der Waals surface area contributed by atoms with Crippen LogP contribution in [0.5, 0.6) is 5.75 Å². The molecule has 0 unspecified atom stereocenters. The molecule has 0 radical (unpaired) electrons. The number of benzene rings is 1. The maximum Gasteiger partial charge on any atom is 0.235 e. The van der Waals surface area contributed by atoms with Gasteiger partial charge in [-0.25, -0.2) is 0 Å². The zero-order chi connectivity index (χ0) is 13.2. The quantitative estimate of drug-likeness (QED) is 0.329. The summed E-state index contributed by atoms with van der Waals surface area (Å²) in [6.45, 7) is 2.18. The Morgan fingerprint density at radius 2 is 1.89 bits per heavy atom. The molecule has 96 valence electrons. The van der Waals surface area contributed by atoms with Crippen molar-refractivity contribution >= 4 is 5.78 Å². The molecule has 2 nitrogen and oxygen atoms in total. The normalized spacial score (nSPS) is 9.44. The minimum Gasteiger partial charge on any atom is -0.497 e. The van der Waals surface area contributed by atoms with Crippen molar-refractivity contribution < 1.29 is 9.53 Å². The lowest BCUT2D eigenvalue weighted by Crippen LogP contribution is -1.94. The molecule has 18 heavy (non-hydrogen) atoms. The number of methoxy groups -OCH3 is 1. The van der Waals surface area contributed by atoms with Crippen LogP contribution in [0.4, 0.5) is 0 Å². The van der Waals surface area contributed by atoms with Crippen molar-refractivity contribution in [1.82, 2.24) is 0 Å². The van der Waals surface area contributed by atoms with Gasteiger partial charge in [-0.1, -0.05) is 32.1 Å². The molecule has 0 saturated heterocycles. The Labute approximate surface area is 109 Å². The summed E-state index contributed by atoms with van der Waals surface area (Å²) >= 11 is 0. The molecule has 1 aromatic carbocycles. The highest BCUT2D eigenvalue weighted by Gasteiger charge is 2.01. The molecular weight excluding hydrogens is 224 g/mol. The minimum atomic E-state index is -0.117.